The molecule has 2 aromatic heterocycles. The summed E-state index contributed by atoms with van der Waals surface area (Å²) in [5, 5.41) is 2.72. The maximum atomic E-state index is 13.1. The van der Waals surface area contributed by atoms with Gasteiger partial charge in [0.1, 0.15) is 4.88 Å². The lowest BCUT2D eigenvalue weighted by molar-refractivity contribution is 0.0587. The lowest BCUT2D eigenvalue weighted by Gasteiger charge is -2.11. The minimum Gasteiger partial charge on any atom is -0.465 e. The molecular formula is C23H19N3O5S. The van der Waals surface area contributed by atoms with Crippen LogP contribution in [0.3, 0.4) is 0 Å². The molecule has 0 radical (unpaired) electrons. The molecule has 9 heteroatoms. The highest BCUT2D eigenvalue weighted by molar-refractivity contribution is 7.19. The number of amides is 1. The number of anilines is 1. The third-order valence-corrected chi connectivity index (χ3v) is 6.08. The summed E-state index contributed by atoms with van der Waals surface area (Å²) >= 11 is 1.23. The molecule has 0 aliphatic carbocycles. The molecule has 0 atom stereocenters. The van der Waals surface area contributed by atoms with Gasteiger partial charge in [-0.25, -0.2) is 14.6 Å². The molecule has 2 aromatic carbocycles. The zero-order valence-electron chi connectivity index (χ0n) is 17.5. The van der Waals surface area contributed by atoms with Crippen molar-refractivity contribution >= 4 is 39.8 Å². The lowest BCUT2D eigenvalue weighted by atomic mass is 10.1. The van der Waals surface area contributed by atoms with Crippen molar-refractivity contribution in [2.75, 3.05) is 19.5 Å². The van der Waals surface area contributed by atoms with Gasteiger partial charge >= 0.3 is 11.9 Å². The fourth-order valence-corrected chi connectivity index (χ4v) is 4.27. The average Bonchev–Trinajstić information content (AvgIpc) is 3.38. The molecule has 2 heterocycles. The van der Waals surface area contributed by atoms with Crippen molar-refractivity contribution in [2.45, 2.75) is 6.92 Å². The van der Waals surface area contributed by atoms with Gasteiger partial charge in [-0.05, 0) is 25.1 Å². The monoisotopic (exact) mass is 449 g/mol. The van der Waals surface area contributed by atoms with E-state index in [-0.39, 0.29) is 16.8 Å². The van der Waals surface area contributed by atoms with Crippen molar-refractivity contribution in [1.82, 2.24) is 9.38 Å². The SMILES string of the molecule is COC(=O)c1ccc(C(=O)OC)c(NC(=O)c2sc3nc(-c4ccccc4)cn3c2C)c1. The van der Waals surface area contributed by atoms with E-state index in [0.717, 1.165) is 11.3 Å². The van der Waals surface area contributed by atoms with Gasteiger partial charge in [-0.15, -0.1) is 0 Å². The summed E-state index contributed by atoms with van der Waals surface area (Å²) < 4.78 is 11.4. The summed E-state index contributed by atoms with van der Waals surface area (Å²) in [5.74, 6) is -1.65. The first-order valence-electron chi connectivity index (χ1n) is 9.59. The largest absolute Gasteiger partial charge is 0.465 e. The van der Waals surface area contributed by atoms with E-state index in [1.807, 2.05) is 47.9 Å². The molecule has 0 saturated carbocycles. The van der Waals surface area contributed by atoms with Crippen LogP contribution in [-0.4, -0.2) is 41.5 Å². The van der Waals surface area contributed by atoms with Crippen molar-refractivity contribution in [3.05, 3.63) is 76.4 Å². The Balaban J connectivity index is 1.68. The Morgan fingerprint density at radius 3 is 2.38 bits per heavy atom. The number of ether oxygens (including phenoxy) is 2. The number of thiazole rings is 1. The van der Waals surface area contributed by atoms with Crippen molar-refractivity contribution < 1.29 is 23.9 Å². The number of carbonyl (C=O) groups is 3. The molecule has 4 rings (SSSR count). The van der Waals surface area contributed by atoms with Crippen LogP contribution in [0.2, 0.25) is 0 Å². The molecule has 162 valence electrons. The zero-order chi connectivity index (χ0) is 22.8. The van der Waals surface area contributed by atoms with E-state index >= 15 is 0 Å². The number of hydrogen-bond donors (Lipinski definition) is 1. The van der Waals surface area contributed by atoms with E-state index in [2.05, 4.69) is 10.3 Å². The molecule has 32 heavy (non-hydrogen) atoms. The van der Waals surface area contributed by atoms with Gasteiger partial charge < -0.3 is 14.8 Å². The van der Waals surface area contributed by atoms with Gasteiger partial charge in [-0.1, -0.05) is 41.7 Å². The second kappa shape index (κ2) is 8.64. The number of fused-ring (bicyclic) bond motifs is 1. The summed E-state index contributed by atoms with van der Waals surface area (Å²) in [6, 6.07) is 14.0. The molecule has 4 aromatic rings. The second-order valence-corrected chi connectivity index (χ2v) is 7.84. The van der Waals surface area contributed by atoms with Gasteiger partial charge in [0, 0.05) is 17.5 Å². The molecule has 1 N–H and O–H groups in total. The number of nitrogens with zero attached hydrogens (tertiary/aromatic N) is 2. The molecule has 0 aliphatic heterocycles. The Labute approximate surface area is 187 Å². The summed E-state index contributed by atoms with van der Waals surface area (Å²) in [6.45, 7) is 1.82. The fourth-order valence-electron chi connectivity index (χ4n) is 3.27. The van der Waals surface area contributed by atoms with Gasteiger partial charge in [-0.3, -0.25) is 9.20 Å². The molecule has 0 unspecified atom stereocenters. The smallest absolute Gasteiger partial charge is 0.339 e. The third kappa shape index (κ3) is 3.85. The van der Waals surface area contributed by atoms with Gasteiger partial charge in [0.2, 0.25) is 0 Å². The second-order valence-electron chi connectivity index (χ2n) is 6.86. The van der Waals surface area contributed by atoms with Crippen LogP contribution < -0.4 is 5.32 Å². The molecule has 0 aliphatic rings. The van der Waals surface area contributed by atoms with E-state index in [1.165, 1.54) is 43.8 Å². The molecule has 1 amide bonds. The number of carbonyl (C=O) groups excluding carboxylic acids is 3. The van der Waals surface area contributed by atoms with Crippen LogP contribution in [0.25, 0.3) is 16.2 Å². The first-order valence-corrected chi connectivity index (χ1v) is 10.4. The van der Waals surface area contributed by atoms with Crippen LogP contribution in [0.15, 0.2) is 54.7 Å². The number of imidazole rings is 1. The lowest BCUT2D eigenvalue weighted by Crippen LogP contribution is -2.16. The van der Waals surface area contributed by atoms with E-state index in [1.54, 1.807) is 0 Å². The van der Waals surface area contributed by atoms with Crippen molar-refractivity contribution in [1.29, 1.82) is 0 Å². The van der Waals surface area contributed by atoms with Gasteiger partial charge in [-0.2, -0.15) is 0 Å². The topological polar surface area (TPSA) is 99.0 Å². The van der Waals surface area contributed by atoms with Gasteiger partial charge in [0.15, 0.2) is 4.96 Å². The molecule has 0 bridgehead atoms. The van der Waals surface area contributed by atoms with Crippen molar-refractivity contribution in [3.8, 4) is 11.3 Å². The van der Waals surface area contributed by atoms with Crippen LogP contribution >= 0.6 is 11.3 Å². The van der Waals surface area contributed by atoms with Crippen LogP contribution in [0.5, 0.6) is 0 Å². The predicted molar refractivity (Wildman–Crippen MR) is 120 cm³/mol. The standard InChI is InChI=1S/C23H19N3O5S/c1-13-19(32-23-25-18(12-26(13)23)14-7-5-4-6-8-14)20(27)24-17-11-15(21(28)30-2)9-10-16(17)22(29)31-3/h4-12H,1-3H3,(H,24,27). The molecule has 8 nitrogen and oxygen atoms in total. The van der Waals surface area contributed by atoms with E-state index in [0.29, 0.717) is 15.5 Å². The number of nitrogens with one attached hydrogen (secondary N) is 1. The number of aryl methyl sites for hydroxylation is 1. The molecule has 0 fully saturated rings. The summed E-state index contributed by atoms with van der Waals surface area (Å²) in [6.07, 6.45) is 1.88. The molecule has 0 saturated heterocycles. The highest BCUT2D eigenvalue weighted by atomic mass is 32.1. The molecular weight excluding hydrogens is 430 g/mol. The highest BCUT2D eigenvalue weighted by Gasteiger charge is 2.22. The van der Waals surface area contributed by atoms with Crippen LogP contribution in [-0.2, 0) is 9.47 Å². The number of benzene rings is 2. The Morgan fingerprint density at radius 2 is 1.72 bits per heavy atom. The maximum absolute atomic E-state index is 13.1. The Hall–Kier alpha value is -3.98. The zero-order valence-corrected chi connectivity index (χ0v) is 18.4. The number of methoxy groups -OCH3 is 2. The van der Waals surface area contributed by atoms with Crippen molar-refractivity contribution in [3.63, 3.8) is 0 Å². The quantitative estimate of drug-likeness (QED) is 0.459. The highest BCUT2D eigenvalue weighted by Crippen LogP contribution is 2.28. The normalized spacial score (nSPS) is 10.7. The van der Waals surface area contributed by atoms with E-state index in [4.69, 9.17) is 9.47 Å². The predicted octanol–water partition coefficient (Wildman–Crippen LogP) is 4.20. The van der Waals surface area contributed by atoms with E-state index < -0.39 is 17.8 Å². The van der Waals surface area contributed by atoms with Crippen LogP contribution in [0.1, 0.15) is 36.1 Å². The van der Waals surface area contributed by atoms with E-state index in [9.17, 15) is 14.4 Å². The number of rotatable bonds is 5. The third-order valence-electron chi connectivity index (χ3n) is 4.93. The number of hydrogen-bond acceptors (Lipinski definition) is 7. The maximum Gasteiger partial charge on any atom is 0.339 e. The molecule has 0 spiro atoms. The van der Waals surface area contributed by atoms with Gasteiger partial charge in [0.25, 0.3) is 5.91 Å². The number of esters is 2. The van der Waals surface area contributed by atoms with Crippen molar-refractivity contribution in [2.24, 2.45) is 0 Å². The van der Waals surface area contributed by atoms with Gasteiger partial charge in [0.05, 0.1) is 36.7 Å². The minimum atomic E-state index is -0.637. The minimum absolute atomic E-state index is 0.124. The number of aromatic nitrogens is 2. The Bertz CT molecular complexity index is 1340. The fraction of sp³-hybridized carbons (Fsp3) is 0.130. The van der Waals surface area contributed by atoms with Crippen LogP contribution in [0.4, 0.5) is 5.69 Å². The Morgan fingerprint density at radius 1 is 1.00 bits per heavy atom. The average molecular weight is 449 g/mol. The Kier molecular flexibility index (Phi) is 5.74. The van der Waals surface area contributed by atoms with Crippen LogP contribution in [0, 0.1) is 6.92 Å². The summed E-state index contributed by atoms with van der Waals surface area (Å²) in [4.78, 5) is 42.8. The summed E-state index contributed by atoms with van der Waals surface area (Å²) in [5.41, 5.74) is 2.97. The first-order chi connectivity index (χ1) is 15.4. The summed E-state index contributed by atoms with van der Waals surface area (Å²) in [7, 11) is 2.49. The first kappa shape index (κ1) is 21.3.